The number of allylic oxidation sites excluding steroid dienone is 2. The molecule has 25 heavy (non-hydrogen) atoms. The van der Waals surface area contributed by atoms with Crippen LogP contribution in [0.5, 0.6) is 0 Å². The summed E-state index contributed by atoms with van der Waals surface area (Å²) < 4.78 is 15.6. The van der Waals surface area contributed by atoms with Gasteiger partial charge in [0.2, 0.25) is 0 Å². The summed E-state index contributed by atoms with van der Waals surface area (Å²) in [4.78, 5) is 9.02. The largest absolute Gasteiger partial charge is 0.401 e. The van der Waals surface area contributed by atoms with Crippen molar-refractivity contribution in [2.75, 3.05) is 6.54 Å². The number of halogens is 1. The third-order valence-corrected chi connectivity index (χ3v) is 5.16. The third kappa shape index (κ3) is 3.04. The van der Waals surface area contributed by atoms with Gasteiger partial charge in [-0.1, -0.05) is 0 Å². The minimum atomic E-state index is -0.426. The zero-order valence-corrected chi connectivity index (χ0v) is 14.3. The maximum absolute atomic E-state index is 14.0. The van der Waals surface area contributed by atoms with Crippen molar-refractivity contribution >= 4 is 22.7 Å². The number of hydrogen-bond acceptors (Lipinski definition) is 5. The Morgan fingerprint density at radius 1 is 1.44 bits per heavy atom. The normalized spacial score (nSPS) is 24.6. The van der Waals surface area contributed by atoms with Crippen LogP contribution in [0.25, 0.3) is 16.5 Å². The van der Waals surface area contributed by atoms with E-state index in [4.69, 9.17) is 16.5 Å². The molecule has 7 heteroatoms. The maximum atomic E-state index is 14.0. The van der Waals surface area contributed by atoms with Gasteiger partial charge >= 0.3 is 0 Å². The van der Waals surface area contributed by atoms with Crippen molar-refractivity contribution in [1.29, 1.82) is 0 Å². The average molecular weight is 342 g/mol. The zero-order chi connectivity index (χ0) is 17.6. The van der Waals surface area contributed by atoms with Gasteiger partial charge in [-0.25, -0.2) is 4.39 Å². The first-order valence-corrected chi connectivity index (χ1v) is 8.78. The Hall–Kier alpha value is -2.28. The summed E-state index contributed by atoms with van der Waals surface area (Å²) in [6, 6.07) is 0.292. The predicted molar refractivity (Wildman–Crippen MR) is 96.4 cm³/mol. The second-order valence-corrected chi connectivity index (χ2v) is 7.17. The zero-order valence-electron chi connectivity index (χ0n) is 14.3. The van der Waals surface area contributed by atoms with Crippen LogP contribution in [0.1, 0.15) is 31.4 Å². The first-order valence-electron chi connectivity index (χ1n) is 8.78. The maximum Gasteiger partial charge on any atom is 0.169 e. The molecular weight excluding hydrogens is 319 g/mol. The molecule has 0 amide bonds. The second kappa shape index (κ2) is 6.22. The number of aromatic nitrogens is 3. The van der Waals surface area contributed by atoms with Gasteiger partial charge in [0.25, 0.3) is 0 Å². The van der Waals surface area contributed by atoms with Crippen molar-refractivity contribution in [2.24, 2.45) is 35.3 Å². The number of pyridine rings is 1. The van der Waals surface area contributed by atoms with E-state index in [9.17, 15) is 4.39 Å². The highest BCUT2D eigenvalue weighted by Crippen LogP contribution is 2.38. The molecule has 0 radical (unpaired) electrons. The van der Waals surface area contributed by atoms with Crippen LogP contribution in [0.15, 0.2) is 23.1 Å². The van der Waals surface area contributed by atoms with Crippen LogP contribution < -0.4 is 11.5 Å². The van der Waals surface area contributed by atoms with E-state index >= 15 is 0 Å². The van der Waals surface area contributed by atoms with Gasteiger partial charge in [0, 0.05) is 36.1 Å². The minimum absolute atomic E-state index is 0.292. The molecule has 2 heterocycles. The Kier molecular flexibility index (Phi) is 4.03. The van der Waals surface area contributed by atoms with Gasteiger partial charge < -0.3 is 11.5 Å². The number of aryl methyl sites for hydroxylation is 1. The Morgan fingerprint density at radius 2 is 2.20 bits per heavy atom. The van der Waals surface area contributed by atoms with Crippen LogP contribution in [0, 0.1) is 17.7 Å². The molecular formula is C18H23FN6. The lowest BCUT2D eigenvalue weighted by atomic mass is 9.81. The SMILES string of the molecule is Cn1cc2c(/C(C=NC3CC(CN)C3)=C(/N)C3CC3)ncc(F)c2n1. The molecule has 0 saturated heterocycles. The van der Waals surface area contributed by atoms with Gasteiger partial charge in [-0.15, -0.1) is 0 Å². The molecule has 4 rings (SSSR count). The number of nitrogens with zero attached hydrogens (tertiary/aromatic N) is 4. The molecule has 2 fully saturated rings. The van der Waals surface area contributed by atoms with Crippen molar-refractivity contribution in [3.8, 4) is 0 Å². The van der Waals surface area contributed by atoms with Crippen molar-refractivity contribution in [1.82, 2.24) is 14.8 Å². The van der Waals surface area contributed by atoms with Gasteiger partial charge in [0.1, 0.15) is 5.52 Å². The molecule has 0 bridgehead atoms. The summed E-state index contributed by atoms with van der Waals surface area (Å²) in [6.07, 6.45) is 9.02. The first-order chi connectivity index (χ1) is 12.1. The van der Waals surface area contributed by atoms with Crippen LogP contribution in [-0.2, 0) is 7.05 Å². The average Bonchev–Trinajstić information content (AvgIpc) is 3.32. The van der Waals surface area contributed by atoms with Gasteiger partial charge in [-0.3, -0.25) is 14.7 Å². The van der Waals surface area contributed by atoms with Gasteiger partial charge in [-0.2, -0.15) is 5.10 Å². The van der Waals surface area contributed by atoms with E-state index in [-0.39, 0.29) is 0 Å². The lowest BCUT2D eigenvalue weighted by Crippen LogP contribution is -2.32. The quantitative estimate of drug-likeness (QED) is 0.813. The molecule has 0 spiro atoms. The highest BCUT2D eigenvalue weighted by atomic mass is 19.1. The molecule has 0 atom stereocenters. The van der Waals surface area contributed by atoms with Gasteiger partial charge in [-0.05, 0) is 44.1 Å². The molecule has 0 unspecified atom stereocenters. The van der Waals surface area contributed by atoms with E-state index in [1.165, 1.54) is 6.20 Å². The predicted octanol–water partition coefficient (Wildman–Crippen LogP) is 2.00. The molecule has 0 aliphatic heterocycles. The number of aliphatic imine (C=N–C) groups is 1. The standard InChI is InChI=1S/C18H23FN6/c1-25-9-14-17(23-8-15(19)18(14)24-25)13(16(21)11-2-3-11)7-22-12-4-10(5-12)6-20/h7-12H,2-6,20-21H2,1H3/b16-13+,22-7?. The van der Waals surface area contributed by atoms with Crippen LogP contribution in [0.3, 0.4) is 0 Å². The minimum Gasteiger partial charge on any atom is -0.401 e. The lowest BCUT2D eigenvalue weighted by molar-refractivity contribution is 0.276. The molecule has 2 saturated carbocycles. The lowest BCUT2D eigenvalue weighted by Gasteiger charge is -2.31. The second-order valence-electron chi connectivity index (χ2n) is 7.17. The smallest absolute Gasteiger partial charge is 0.169 e. The van der Waals surface area contributed by atoms with Crippen molar-refractivity contribution < 1.29 is 4.39 Å². The Morgan fingerprint density at radius 3 is 2.88 bits per heavy atom. The Labute approximate surface area is 145 Å². The molecule has 2 aliphatic carbocycles. The highest BCUT2D eigenvalue weighted by molar-refractivity contribution is 6.14. The van der Waals surface area contributed by atoms with Gasteiger partial charge in [0.15, 0.2) is 5.82 Å². The van der Waals surface area contributed by atoms with Crippen LogP contribution in [0.2, 0.25) is 0 Å². The third-order valence-electron chi connectivity index (χ3n) is 5.16. The van der Waals surface area contributed by atoms with E-state index < -0.39 is 5.82 Å². The summed E-state index contributed by atoms with van der Waals surface area (Å²) in [5.41, 5.74) is 14.6. The summed E-state index contributed by atoms with van der Waals surface area (Å²) in [6.45, 7) is 0.717. The van der Waals surface area contributed by atoms with E-state index in [1.54, 1.807) is 17.9 Å². The number of fused-ring (bicyclic) bond motifs is 1. The van der Waals surface area contributed by atoms with Crippen molar-refractivity contribution in [2.45, 2.75) is 31.7 Å². The molecule has 2 aromatic heterocycles. The summed E-state index contributed by atoms with van der Waals surface area (Å²) in [7, 11) is 1.77. The molecule has 2 aromatic rings. The monoisotopic (exact) mass is 342 g/mol. The van der Waals surface area contributed by atoms with Crippen LogP contribution >= 0.6 is 0 Å². The molecule has 132 valence electrons. The van der Waals surface area contributed by atoms with Crippen molar-refractivity contribution in [3.05, 3.63) is 29.6 Å². The Balaban J connectivity index is 1.73. The first kappa shape index (κ1) is 16.2. The molecule has 2 aliphatic rings. The highest BCUT2D eigenvalue weighted by Gasteiger charge is 2.30. The van der Waals surface area contributed by atoms with E-state index in [0.29, 0.717) is 34.5 Å². The van der Waals surface area contributed by atoms with Crippen LogP contribution in [0.4, 0.5) is 4.39 Å². The summed E-state index contributed by atoms with van der Waals surface area (Å²) in [5, 5.41) is 4.87. The fourth-order valence-electron chi connectivity index (χ4n) is 3.39. The van der Waals surface area contributed by atoms with Crippen LogP contribution in [-0.4, -0.2) is 33.6 Å². The number of hydrogen-bond donors (Lipinski definition) is 2. The molecule has 6 nitrogen and oxygen atoms in total. The topological polar surface area (TPSA) is 95.1 Å². The fraction of sp³-hybridized carbons (Fsp3) is 0.500. The number of rotatable bonds is 5. The number of nitrogens with two attached hydrogens (primary N) is 2. The van der Waals surface area contributed by atoms with Crippen molar-refractivity contribution in [3.63, 3.8) is 0 Å². The van der Waals surface area contributed by atoms with Gasteiger partial charge in [0.05, 0.1) is 17.9 Å². The van der Waals surface area contributed by atoms with E-state index in [2.05, 4.69) is 10.1 Å². The van der Waals surface area contributed by atoms with E-state index in [1.807, 2.05) is 6.21 Å². The van der Waals surface area contributed by atoms with E-state index in [0.717, 1.165) is 43.5 Å². The molecule has 0 aromatic carbocycles. The Bertz CT molecular complexity index is 858. The summed E-state index contributed by atoms with van der Waals surface area (Å²) >= 11 is 0. The molecule has 4 N–H and O–H groups in total. The summed E-state index contributed by atoms with van der Waals surface area (Å²) in [5.74, 6) is 0.521. The fourth-order valence-corrected chi connectivity index (χ4v) is 3.39.